The van der Waals surface area contributed by atoms with Gasteiger partial charge in [0.05, 0.1) is 12.7 Å². The lowest BCUT2D eigenvalue weighted by atomic mass is 9.89. The van der Waals surface area contributed by atoms with Gasteiger partial charge in [-0.1, -0.05) is 37.6 Å². The van der Waals surface area contributed by atoms with E-state index < -0.39 is 6.10 Å². The van der Waals surface area contributed by atoms with Gasteiger partial charge in [0.25, 0.3) is 0 Å². The molecule has 3 heteroatoms. The van der Waals surface area contributed by atoms with Gasteiger partial charge in [0.1, 0.15) is 0 Å². The highest BCUT2D eigenvalue weighted by atomic mass is 16.3. The molecule has 0 amide bonds. The molecule has 1 aliphatic rings. The van der Waals surface area contributed by atoms with Crippen molar-refractivity contribution in [2.45, 2.75) is 38.7 Å². The van der Waals surface area contributed by atoms with Gasteiger partial charge in [-0.3, -0.25) is 4.79 Å². The minimum Gasteiger partial charge on any atom is -0.392 e. The predicted octanol–water partition coefficient (Wildman–Crippen LogP) is 1.91. The summed E-state index contributed by atoms with van der Waals surface area (Å²) in [4.78, 5) is 11.6. The predicted molar refractivity (Wildman–Crippen MR) is 67.5 cm³/mol. The number of unbranched alkanes of at least 4 members (excludes halogenated alkanes) is 1. The van der Waals surface area contributed by atoms with E-state index in [1.165, 1.54) is 0 Å². The van der Waals surface area contributed by atoms with Gasteiger partial charge >= 0.3 is 0 Å². The number of allylic oxidation sites excluding steroid dienone is 4. The summed E-state index contributed by atoms with van der Waals surface area (Å²) in [6.07, 6.45) is 9.72. The molecule has 2 N–H and O–H groups in total. The van der Waals surface area contributed by atoms with Gasteiger partial charge in [0.15, 0.2) is 5.78 Å². The summed E-state index contributed by atoms with van der Waals surface area (Å²) in [5.74, 6) is -0.150. The SMILES string of the molecule is CCC/C=C/C=C/C1=C(CO)C(=O)C[C@H](O)C1. The summed E-state index contributed by atoms with van der Waals surface area (Å²) in [5.41, 5.74) is 1.19. The lowest BCUT2D eigenvalue weighted by molar-refractivity contribution is -0.118. The van der Waals surface area contributed by atoms with E-state index in [1.807, 2.05) is 12.2 Å². The Morgan fingerprint density at radius 2 is 2.12 bits per heavy atom. The molecule has 1 rings (SSSR count). The average molecular weight is 236 g/mol. The number of rotatable bonds is 5. The van der Waals surface area contributed by atoms with Crippen molar-refractivity contribution in [1.29, 1.82) is 0 Å². The minimum atomic E-state index is -0.614. The minimum absolute atomic E-state index is 0.124. The fourth-order valence-electron chi connectivity index (χ4n) is 1.84. The van der Waals surface area contributed by atoms with Gasteiger partial charge in [0.2, 0.25) is 0 Å². The van der Waals surface area contributed by atoms with Gasteiger partial charge < -0.3 is 10.2 Å². The van der Waals surface area contributed by atoms with E-state index in [2.05, 4.69) is 13.0 Å². The number of hydrogen-bond acceptors (Lipinski definition) is 3. The first kappa shape index (κ1) is 13.9. The van der Waals surface area contributed by atoms with E-state index in [4.69, 9.17) is 5.11 Å². The molecule has 0 fully saturated rings. The molecule has 0 aromatic heterocycles. The first-order valence-corrected chi connectivity index (χ1v) is 6.06. The van der Waals surface area contributed by atoms with Crippen LogP contribution in [-0.4, -0.2) is 28.7 Å². The molecule has 94 valence electrons. The van der Waals surface area contributed by atoms with Gasteiger partial charge in [-0.05, 0) is 18.4 Å². The van der Waals surface area contributed by atoms with E-state index >= 15 is 0 Å². The van der Waals surface area contributed by atoms with Crippen molar-refractivity contribution in [2.24, 2.45) is 0 Å². The maximum Gasteiger partial charge on any atom is 0.164 e. The Morgan fingerprint density at radius 3 is 2.76 bits per heavy atom. The van der Waals surface area contributed by atoms with Crippen LogP contribution in [0, 0.1) is 0 Å². The van der Waals surface area contributed by atoms with E-state index in [0.717, 1.165) is 18.4 Å². The van der Waals surface area contributed by atoms with E-state index in [-0.39, 0.29) is 18.8 Å². The molecule has 0 spiro atoms. The molecule has 0 aromatic carbocycles. The Labute approximate surface area is 102 Å². The Kier molecular flexibility index (Phi) is 5.87. The van der Waals surface area contributed by atoms with Crippen LogP contribution >= 0.6 is 0 Å². The first-order valence-electron chi connectivity index (χ1n) is 6.06. The molecule has 0 aromatic rings. The van der Waals surface area contributed by atoms with Crippen molar-refractivity contribution in [3.05, 3.63) is 35.5 Å². The van der Waals surface area contributed by atoms with Crippen molar-refractivity contribution >= 4 is 5.78 Å². The van der Waals surface area contributed by atoms with Crippen molar-refractivity contribution in [1.82, 2.24) is 0 Å². The van der Waals surface area contributed by atoms with Crippen LogP contribution in [0.3, 0.4) is 0 Å². The number of carbonyl (C=O) groups excluding carboxylic acids is 1. The number of carbonyl (C=O) groups is 1. The average Bonchev–Trinajstić information content (AvgIpc) is 2.28. The summed E-state index contributed by atoms with van der Waals surface area (Å²) < 4.78 is 0. The lowest BCUT2D eigenvalue weighted by Gasteiger charge is -2.20. The van der Waals surface area contributed by atoms with E-state index in [1.54, 1.807) is 6.08 Å². The van der Waals surface area contributed by atoms with Gasteiger partial charge in [0, 0.05) is 12.0 Å². The Bertz CT molecular complexity index is 350. The highest BCUT2D eigenvalue weighted by Crippen LogP contribution is 2.23. The third kappa shape index (κ3) is 4.29. The van der Waals surface area contributed by atoms with Crippen LogP contribution in [0.5, 0.6) is 0 Å². The molecule has 3 nitrogen and oxygen atoms in total. The topological polar surface area (TPSA) is 57.5 Å². The molecule has 0 saturated carbocycles. The molecule has 17 heavy (non-hydrogen) atoms. The van der Waals surface area contributed by atoms with Crippen LogP contribution in [0.2, 0.25) is 0 Å². The highest BCUT2D eigenvalue weighted by molar-refractivity contribution is 5.98. The number of aliphatic hydroxyl groups excluding tert-OH is 2. The molecule has 0 radical (unpaired) electrons. The molecule has 0 saturated heterocycles. The zero-order valence-corrected chi connectivity index (χ0v) is 10.2. The zero-order chi connectivity index (χ0) is 12.7. The van der Waals surface area contributed by atoms with Crippen LogP contribution in [0.4, 0.5) is 0 Å². The number of hydrogen-bond donors (Lipinski definition) is 2. The van der Waals surface area contributed by atoms with Crippen molar-refractivity contribution < 1.29 is 15.0 Å². The highest BCUT2D eigenvalue weighted by Gasteiger charge is 2.24. The van der Waals surface area contributed by atoms with Gasteiger partial charge in [-0.15, -0.1) is 0 Å². The normalized spacial score (nSPS) is 22.1. The quantitative estimate of drug-likeness (QED) is 0.717. The second kappa shape index (κ2) is 7.20. The molecular formula is C14H20O3. The monoisotopic (exact) mass is 236 g/mol. The molecule has 0 bridgehead atoms. The smallest absolute Gasteiger partial charge is 0.164 e. The number of ketones is 1. The first-order chi connectivity index (χ1) is 8.19. The van der Waals surface area contributed by atoms with Crippen LogP contribution in [0.1, 0.15) is 32.6 Å². The van der Waals surface area contributed by atoms with Crippen LogP contribution in [0.15, 0.2) is 35.5 Å². The largest absolute Gasteiger partial charge is 0.392 e. The van der Waals surface area contributed by atoms with Crippen molar-refractivity contribution in [2.75, 3.05) is 6.61 Å². The third-order valence-corrected chi connectivity index (χ3v) is 2.76. The van der Waals surface area contributed by atoms with Crippen LogP contribution in [0.25, 0.3) is 0 Å². The molecule has 0 aliphatic heterocycles. The van der Waals surface area contributed by atoms with Gasteiger partial charge in [-0.2, -0.15) is 0 Å². The van der Waals surface area contributed by atoms with E-state index in [0.29, 0.717) is 12.0 Å². The molecule has 0 unspecified atom stereocenters. The zero-order valence-electron chi connectivity index (χ0n) is 10.2. The Balaban J connectivity index is 2.74. The maximum absolute atomic E-state index is 11.6. The number of Topliss-reactive ketones (excluding diaryl/α,β-unsaturated/α-hetero) is 1. The Morgan fingerprint density at radius 1 is 1.35 bits per heavy atom. The molecule has 1 atom stereocenters. The van der Waals surface area contributed by atoms with Crippen molar-refractivity contribution in [3.63, 3.8) is 0 Å². The molecule has 0 heterocycles. The molecular weight excluding hydrogens is 216 g/mol. The fraction of sp³-hybridized carbons (Fsp3) is 0.500. The Hall–Kier alpha value is -1.19. The summed E-state index contributed by atoms with van der Waals surface area (Å²) in [5, 5.41) is 18.7. The number of aliphatic hydroxyl groups is 2. The summed E-state index contributed by atoms with van der Waals surface area (Å²) >= 11 is 0. The summed E-state index contributed by atoms with van der Waals surface area (Å²) in [6.45, 7) is 1.86. The third-order valence-electron chi connectivity index (χ3n) is 2.76. The standard InChI is InChI=1S/C14H20O3/c1-2-3-4-5-6-7-11-8-12(16)9-14(17)13(11)10-15/h4-7,12,15-16H,2-3,8-10H2,1H3/b5-4+,7-6+/t12-/m1/s1. The maximum atomic E-state index is 11.6. The van der Waals surface area contributed by atoms with E-state index in [9.17, 15) is 9.90 Å². The second-order valence-electron chi connectivity index (χ2n) is 4.22. The van der Waals surface area contributed by atoms with Crippen LogP contribution in [-0.2, 0) is 4.79 Å². The fourth-order valence-corrected chi connectivity index (χ4v) is 1.84. The summed E-state index contributed by atoms with van der Waals surface area (Å²) in [6, 6.07) is 0. The van der Waals surface area contributed by atoms with Crippen LogP contribution < -0.4 is 0 Å². The van der Waals surface area contributed by atoms with Gasteiger partial charge in [-0.25, -0.2) is 0 Å². The van der Waals surface area contributed by atoms with Crippen molar-refractivity contribution in [3.8, 4) is 0 Å². The lowest BCUT2D eigenvalue weighted by Crippen LogP contribution is -2.24. The summed E-state index contributed by atoms with van der Waals surface area (Å²) in [7, 11) is 0. The molecule has 1 aliphatic carbocycles. The second-order valence-corrected chi connectivity index (χ2v) is 4.22.